The van der Waals surface area contributed by atoms with E-state index in [4.69, 9.17) is 4.99 Å². The molecule has 0 unspecified atom stereocenters. The average Bonchev–Trinajstić information content (AvgIpc) is 2.69. The van der Waals surface area contributed by atoms with E-state index in [9.17, 15) is 15.4 Å². The average molecular weight is 363 g/mol. The lowest BCUT2D eigenvalue weighted by Crippen LogP contribution is -2.47. The lowest BCUT2D eigenvalue weighted by atomic mass is 10.1. The van der Waals surface area contributed by atoms with Crippen LogP contribution in [0.15, 0.2) is 53.5 Å². The fourth-order valence-corrected chi connectivity index (χ4v) is 3.03. The summed E-state index contributed by atoms with van der Waals surface area (Å²) in [5, 5.41) is 20.4. The van der Waals surface area contributed by atoms with Crippen LogP contribution in [0.5, 0.6) is 0 Å². The van der Waals surface area contributed by atoms with Gasteiger partial charge >= 0.3 is 0 Å². The van der Waals surface area contributed by atoms with Gasteiger partial charge in [0.25, 0.3) is 5.69 Å². The quantitative estimate of drug-likeness (QED) is 0.361. The lowest BCUT2D eigenvalue weighted by molar-refractivity contribution is -0.384. The van der Waals surface area contributed by atoms with Crippen LogP contribution in [0.4, 0.5) is 11.4 Å². The number of aliphatic imine (C=N–C) groups is 1. The SMILES string of the molecule is CN1CCN(C(Cc2ccccc2)=Nc2ccc([N+](=O)[O-])cc2C#N)CC1. The largest absolute Gasteiger partial charge is 0.357 e. The number of hydrogen-bond donors (Lipinski definition) is 0. The fourth-order valence-electron chi connectivity index (χ4n) is 3.03. The lowest BCUT2D eigenvalue weighted by Gasteiger charge is -2.34. The maximum atomic E-state index is 11.0. The van der Waals surface area contributed by atoms with Crippen molar-refractivity contribution in [1.82, 2.24) is 9.80 Å². The molecule has 0 bridgehead atoms. The highest BCUT2D eigenvalue weighted by Crippen LogP contribution is 2.25. The molecule has 2 aromatic carbocycles. The number of likely N-dealkylation sites (N-methyl/N-ethyl adjacent to an activating group) is 1. The number of hydrogen-bond acceptors (Lipinski definition) is 5. The molecular weight excluding hydrogens is 342 g/mol. The minimum atomic E-state index is -0.500. The van der Waals surface area contributed by atoms with Gasteiger partial charge in [-0.05, 0) is 18.7 Å². The van der Waals surface area contributed by atoms with Crippen molar-refractivity contribution in [3.63, 3.8) is 0 Å². The third kappa shape index (κ3) is 4.68. The van der Waals surface area contributed by atoms with Gasteiger partial charge in [0.2, 0.25) is 0 Å². The van der Waals surface area contributed by atoms with E-state index in [1.54, 1.807) is 6.07 Å². The van der Waals surface area contributed by atoms with Crippen LogP contribution < -0.4 is 0 Å². The van der Waals surface area contributed by atoms with Crippen LogP contribution in [0.1, 0.15) is 11.1 Å². The van der Waals surface area contributed by atoms with Crippen molar-refractivity contribution < 1.29 is 4.92 Å². The Kier molecular flexibility index (Phi) is 5.79. The van der Waals surface area contributed by atoms with Crippen molar-refractivity contribution in [2.75, 3.05) is 33.2 Å². The van der Waals surface area contributed by atoms with Crippen LogP contribution in [-0.4, -0.2) is 53.8 Å². The Bertz CT molecular complexity index is 881. The van der Waals surface area contributed by atoms with Crippen molar-refractivity contribution in [1.29, 1.82) is 5.26 Å². The molecule has 138 valence electrons. The molecule has 0 spiro atoms. The van der Waals surface area contributed by atoms with Gasteiger partial charge < -0.3 is 9.80 Å². The molecule has 7 nitrogen and oxygen atoms in total. The highest BCUT2D eigenvalue weighted by atomic mass is 16.6. The highest BCUT2D eigenvalue weighted by Gasteiger charge is 2.19. The summed E-state index contributed by atoms with van der Waals surface area (Å²) in [5.41, 5.74) is 1.71. The molecule has 1 saturated heterocycles. The summed E-state index contributed by atoms with van der Waals surface area (Å²) in [6, 6.07) is 16.3. The molecule has 2 aromatic rings. The van der Waals surface area contributed by atoms with Crippen molar-refractivity contribution in [2.24, 2.45) is 4.99 Å². The van der Waals surface area contributed by atoms with E-state index < -0.39 is 4.92 Å². The summed E-state index contributed by atoms with van der Waals surface area (Å²) in [6.45, 7) is 3.60. The molecule has 1 heterocycles. The van der Waals surface area contributed by atoms with Crippen molar-refractivity contribution in [3.05, 3.63) is 69.8 Å². The molecule has 1 aliphatic rings. The second-order valence-corrected chi connectivity index (χ2v) is 6.55. The van der Waals surface area contributed by atoms with E-state index in [0.717, 1.165) is 37.6 Å². The van der Waals surface area contributed by atoms with E-state index in [-0.39, 0.29) is 11.3 Å². The standard InChI is InChI=1S/C20H21N5O2/c1-23-9-11-24(12-10-23)20(13-16-5-3-2-4-6-16)22-19-8-7-18(25(26)27)14-17(19)15-21/h2-8,14H,9-13H2,1H3. The van der Waals surface area contributed by atoms with Gasteiger partial charge in [0.05, 0.1) is 16.2 Å². The third-order valence-electron chi connectivity index (χ3n) is 4.63. The van der Waals surface area contributed by atoms with Gasteiger partial charge in [-0.1, -0.05) is 30.3 Å². The van der Waals surface area contributed by atoms with Crippen molar-refractivity contribution >= 4 is 17.2 Å². The first-order chi connectivity index (χ1) is 13.1. The minimum absolute atomic E-state index is 0.102. The van der Waals surface area contributed by atoms with Crippen LogP contribution in [0.25, 0.3) is 0 Å². The summed E-state index contributed by atoms with van der Waals surface area (Å²) < 4.78 is 0. The van der Waals surface area contributed by atoms with E-state index in [0.29, 0.717) is 12.1 Å². The molecule has 0 amide bonds. The monoisotopic (exact) mass is 363 g/mol. The Hall–Kier alpha value is -3.24. The van der Waals surface area contributed by atoms with E-state index in [1.165, 1.54) is 12.1 Å². The number of nitro benzene ring substituents is 1. The zero-order chi connectivity index (χ0) is 19.2. The Balaban J connectivity index is 1.96. The number of nitriles is 1. The van der Waals surface area contributed by atoms with Crippen LogP contribution in [0.3, 0.4) is 0 Å². The number of non-ortho nitro benzene ring substituents is 1. The number of nitrogens with zero attached hydrogens (tertiary/aromatic N) is 5. The van der Waals surface area contributed by atoms with Gasteiger partial charge in [-0.15, -0.1) is 0 Å². The Labute approximate surface area is 158 Å². The first-order valence-electron chi connectivity index (χ1n) is 8.80. The predicted octanol–water partition coefficient (Wildman–Crippen LogP) is 2.99. The van der Waals surface area contributed by atoms with Gasteiger partial charge in [0.15, 0.2) is 0 Å². The molecule has 27 heavy (non-hydrogen) atoms. The molecule has 0 aromatic heterocycles. The molecule has 0 saturated carbocycles. The zero-order valence-electron chi connectivity index (χ0n) is 15.2. The summed E-state index contributed by atoms with van der Waals surface area (Å²) in [4.78, 5) is 19.7. The highest BCUT2D eigenvalue weighted by molar-refractivity contribution is 5.87. The summed E-state index contributed by atoms with van der Waals surface area (Å²) in [5.74, 6) is 0.875. The number of nitro groups is 1. The van der Waals surface area contributed by atoms with Gasteiger partial charge in [-0.3, -0.25) is 10.1 Å². The van der Waals surface area contributed by atoms with Gasteiger partial charge in [0.1, 0.15) is 11.9 Å². The van der Waals surface area contributed by atoms with Crippen LogP contribution in [-0.2, 0) is 6.42 Å². The molecule has 0 atom stereocenters. The fraction of sp³-hybridized carbons (Fsp3) is 0.300. The Morgan fingerprint density at radius 1 is 1.19 bits per heavy atom. The molecule has 3 rings (SSSR count). The first-order valence-corrected chi connectivity index (χ1v) is 8.80. The number of amidine groups is 1. The second-order valence-electron chi connectivity index (χ2n) is 6.55. The molecule has 0 aliphatic carbocycles. The second kappa shape index (κ2) is 8.43. The molecule has 1 fully saturated rings. The topological polar surface area (TPSA) is 85.8 Å². The minimum Gasteiger partial charge on any atom is -0.357 e. The Morgan fingerprint density at radius 3 is 2.52 bits per heavy atom. The molecular formula is C20H21N5O2. The molecule has 7 heteroatoms. The van der Waals surface area contributed by atoms with Crippen molar-refractivity contribution in [3.8, 4) is 6.07 Å². The summed E-state index contributed by atoms with van der Waals surface area (Å²) in [6.07, 6.45) is 0.645. The van der Waals surface area contributed by atoms with Gasteiger partial charge in [-0.25, -0.2) is 4.99 Å². The van der Waals surface area contributed by atoms with Gasteiger partial charge in [0, 0.05) is 44.7 Å². The zero-order valence-corrected chi connectivity index (χ0v) is 15.2. The third-order valence-corrected chi connectivity index (χ3v) is 4.63. The Morgan fingerprint density at radius 2 is 1.89 bits per heavy atom. The molecule has 0 N–H and O–H groups in total. The van der Waals surface area contributed by atoms with E-state index >= 15 is 0 Å². The normalized spacial score (nSPS) is 15.4. The van der Waals surface area contributed by atoms with Crippen LogP contribution >= 0.6 is 0 Å². The first kappa shape index (κ1) is 18.5. The van der Waals surface area contributed by atoms with Crippen molar-refractivity contribution in [2.45, 2.75) is 6.42 Å². The van der Waals surface area contributed by atoms with Crippen LogP contribution in [0.2, 0.25) is 0 Å². The number of piperazine rings is 1. The molecule has 0 radical (unpaired) electrons. The van der Waals surface area contributed by atoms with Gasteiger partial charge in [-0.2, -0.15) is 5.26 Å². The number of benzene rings is 2. The van der Waals surface area contributed by atoms with E-state index in [1.807, 2.05) is 36.4 Å². The predicted molar refractivity (Wildman–Crippen MR) is 104 cm³/mol. The summed E-state index contributed by atoms with van der Waals surface area (Å²) >= 11 is 0. The molecule has 1 aliphatic heterocycles. The summed E-state index contributed by atoms with van der Waals surface area (Å²) in [7, 11) is 2.09. The maximum absolute atomic E-state index is 11.0. The smallest absolute Gasteiger partial charge is 0.270 e. The number of rotatable bonds is 4. The van der Waals surface area contributed by atoms with E-state index in [2.05, 4.69) is 16.8 Å². The van der Waals surface area contributed by atoms with Crippen LogP contribution in [0, 0.1) is 21.4 Å². The maximum Gasteiger partial charge on any atom is 0.270 e.